The van der Waals surface area contributed by atoms with Gasteiger partial charge in [-0.2, -0.15) is 0 Å². The number of hydrogen-bond acceptors (Lipinski definition) is 0. The van der Waals surface area contributed by atoms with E-state index in [1.807, 2.05) is 0 Å². The number of aryl methyl sites for hydroxylation is 2. The molecule has 2 aromatic rings. The second-order valence-electron chi connectivity index (χ2n) is 5.04. The molecule has 108 valence electrons. The molecule has 0 spiro atoms. The molecule has 2 rings (SSSR count). The fraction of sp³-hybridized carbons (Fsp3) is 0.368. The van der Waals surface area contributed by atoms with Crippen LogP contribution in [0.25, 0.3) is 0 Å². The molecule has 0 amide bonds. The zero-order valence-corrected chi connectivity index (χ0v) is 14.1. The van der Waals surface area contributed by atoms with Gasteiger partial charge in [0.25, 0.3) is 0 Å². The predicted octanol–water partition coefficient (Wildman–Crippen LogP) is 6.04. The average Bonchev–Trinajstić information content (AvgIpc) is 2.48. The Hall–Kier alpha value is -1.08. The van der Waals surface area contributed by atoms with Crippen molar-refractivity contribution in [2.24, 2.45) is 0 Å². The minimum absolute atomic E-state index is 0.711. The van der Waals surface area contributed by atoms with E-state index in [0.717, 1.165) is 12.8 Å². The Kier molecular flexibility index (Phi) is 9.06. The molecule has 0 nitrogen and oxygen atoms in total. The van der Waals surface area contributed by atoms with E-state index in [9.17, 15) is 0 Å². The second kappa shape index (κ2) is 10.7. The van der Waals surface area contributed by atoms with Gasteiger partial charge in [-0.25, -0.2) is 0 Å². The summed E-state index contributed by atoms with van der Waals surface area (Å²) in [6, 6.07) is 21.2. The molecule has 0 aliphatic rings. The van der Waals surface area contributed by atoms with Crippen LogP contribution in [0.4, 0.5) is 0 Å². The van der Waals surface area contributed by atoms with Crippen LogP contribution < -0.4 is 0 Å². The lowest BCUT2D eigenvalue weighted by Crippen LogP contribution is -1.89. The molecule has 0 aromatic heterocycles. The van der Waals surface area contributed by atoms with Gasteiger partial charge in [0.1, 0.15) is 0 Å². The van der Waals surface area contributed by atoms with Gasteiger partial charge in [0.2, 0.25) is 0 Å². The Morgan fingerprint density at radius 1 is 0.800 bits per heavy atom. The Morgan fingerprint density at radius 3 is 1.45 bits per heavy atom. The van der Waals surface area contributed by atoms with Crippen molar-refractivity contribution in [3.8, 4) is 0 Å². The molecule has 0 saturated heterocycles. The van der Waals surface area contributed by atoms with E-state index in [0.29, 0.717) is 4.83 Å². The maximum atomic E-state index is 3.43. The Labute approximate surface area is 132 Å². The first-order chi connectivity index (χ1) is 9.72. The van der Waals surface area contributed by atoms with Crippen LogP contribution in [0.15, 0.2) is 60.7 Å². The summed E-state index contributed by atoms with van der Waals surface area (Å²) in [7, 11) is 0. The molecule has 0 N–H and O–H groups in total. The highest BCUT2D eigenvalue weighted by Gasteiger charge is 1.93. The summed E-state index contributed by atoms with van der Waals surface area (Å²) in [6.07, 6.45) is 4.84. The SMILES string of the molecule is CCCC(C)Br.c1ccc(CCc2ccccc2)cc1. The van der Waals surface area contributed by atoms with Crippen LogP contribution in [-0.2, 0) is 12.8 Å². The third-order valence-electron chi connectivity index (χ3n) is 3.07. The molecule has 1 atom stereocenters. The van der Waals surface area contributed by atoms with Crippen molar-refractivity contribution >= 4 is 15.9 Å². The minimum Gasteiger partial charge on any atom is -0.0894 e. The Bertz CT molecular complexity index is 394. The second-order valence-corrected chi connectivity index (χ2v) is 6.60. The molecule has 0 saturated carbocycles. The molecule has 0 fully saturated rings. The fourth-order valence-corrected chi connectivity index (χ4v) is 2.43. The summed E-state index contributed by atoms with van der Waals surface area (Å²) in [6.45, 7) is 4.36. The largest absolute Gasteiger partial charge is 0.0894 e. The van der Waals surface area contributed by atoms with E-state index >= 15 is 0 Å². The predicted molar refractivity (Wildman–Crippen MR) is 93.6 cm³/mol. The molecule has 0 bridgehead atoms. The molecular formula is C19H25Br. The molecular weight excluding hydrogens is 308 g/mol. The lowest BCUT2D eigenvalue weighted by molar-refractivity contribution is 0.797. The van der Waals surface area contributed by atoms with E-state index in [1.54, 1.807) is 0 Å². The quantitative estimate of drug-likeness (QED) is 0.585. The van der Waals surface area contributed by atoms with Crippen molar-refractivity contribution in [1.29, 1.82) is 0 Å². The summed E-state index contributed by atoms with van der Waals surface area (Å²) < 4.78 is 0. The van der Waals surface area contributed by atoms with Crippen LogP contribution >= 0.6 is 15.9 Å². The van der Waals surface area contributed by atoms with Gasteiger partial charge in [0, 0.05) is 4.83 Å². The van der Waals surface area contributed by atoms with E-state index in [1.165, 1.54) is 24.0 Å². The summed E-state index contributed by atoms with van der Waals surface area (Å²) in [5.74, 6) is 0. The van der Waals surface area contributed by atoms with Gasteiger partial charge in [0.15, 0.2) is 0 Å². The molecule has 20 heavy (non-hydrogen) atoms. The molecule has 0 heterocycles. The van der Waals surface area contributed by atoms with E-state index in [-0.39, 0.29) is 0 Å². The lowest BCUT2D eigenvalue weighted by atomic mass is 10.0. The number of rotatable bonds is 5. The van der Waals surface area contributed by atoms with Crippen molar-refractivity contribution in [2.45, 2.75) is 44.4 Å². The van der Waals surface area contributed by atoms with Gasteiger partial charge in [-0.15, -0.1) is 0 Å². The number of halogens is 1. The summed E-state index contributed by atoms with van der Waals surface area (Å²) in [5.41, 5.74) is 2.83. The van der Waals surface area contributed by atoms with Gasteiger partial charge < -0.3 is 0 Å². The van der Waals surface area contributed by atoms with Crippen LogP contribution in [0.5, 0.6) is 0 Å². The summed E-state index contributed by atoms with van der Waals surface area (Å²) >= 11 is 3.43. The molecule has 0 radical (unpaired) electrons. The standard InChI is InChI=1S/C14H14.C5H11Br/c1-3-7-13(8-4-1)11-12-14-9-5-2-6-10-14;1-3-4-5(2)6/h1-10H,11-12H2;5H,3-4H2,1-2H3. The molecule has 0 aliphatic carbocycles. The topological polar surface area (TPSA) is 0 Å². The van der Waals surface area contributed by atoms with Crippen LogP contribution in [0.2, 0.25) is 0 Å². The number of hydrogen-bond donors (Lipinski definition) is 0. The minimum atomic E-state index is 0.711. The molecule has 1 unspecified atom stereocenters. The number of benzene rings is 2. The van der Waals surface area contributed by atoms with Crippen molar-refractivity contribution in [3.05, 3.63) is 71.8 Å². The van der Waals surface area contributed by atoms with E-state index < -0.39 is 0 Å². The fourth-order valence-electron chi connectivity index (χ4n) is 1.98. The lowest BCUT2D eigenvalue weighted by Gasteiger charge is -2.01. The number of alkyl halides is 1. The van der Waals surface area contributed by atoms with Crippen molar-refractivity contribution in [2.75, 3.05) is 0 Å². The Morgan fingerprint density at radius 2 is 1.20 bits per heavy atom. The molecule has 0 aliphatic heterocycles. The highest BCUT2D eigenvalue weighted by atomic mass is 79.9. The van der Waals surface area contributed by atoms with Crippen LogP contribution in [0, 0.1) is 0 Å². The smallest absolute Gasteiger partial charge is 0.0117 e. The normalized spacial score (nSPS) is 11.3. The van der Waals surface area contributed by atoms with Crippen LogP contribution in [0.3, 0.4) is 0 Å². The highest BCUT2D eigenvalue weighted by molar-refractivity contribution is 9.09. The van der Waals surface area contributed by atoms with E-state index in [4.69, 9.17) is 0 Å². The highest BCUT2D eigenvalue weighted by Crippen LogP contribution is 2.06. The maximum Gasteiger partial charge on any atom is 0.0117 e. The van der Waals surface area contributed by atoms with Gasteiger partial charge in [-0.05, 0) is 30.4 Å². The van der Waals surface area contributed by atoms with Gasteiger partial charge in [-0.1, -0.05) is 96.9 Å². The first kappa shape index (κ1) is 17.0. The van der Waals surface area contributed by atoms with Crippen LogP contribution in [0.1, 0.15) is 37.8 Å². The zero-order valence-electron chi connectivity index (χ0n) is 12.6. The van der Waals surface area contributed by atoms with Crippen molar-refractivity contribution in [3.63, 3.8) is 0 Å². The van der Waals surface area contributed by atoms with Crippen molar-refractivity contribution in [1.82, 2.24) is 0 Å². The first-order valence-electron chi connectivity index (χ1n) is 7.44. The average molecular weight is 333 g/mol. The molecule has 2 aromatic carbocycles. The zero-order chi connectivity index (χ0) is 14.6. The first-order valence-corrected chi connectivity index (χ1v) is 8.36. The third kappa shape index (κ3) is 8.16. The van der Waals surface area contributed by atoms with Crippen molar-refractivity contribution < 1.29 is 0 Å². The molecule has 1 heteroatoms. The van der Waals surface area contributed by atoms with Gasteiger partial charge in [-0.3, -0.25) is 0 Å². The van der Waals surface area contributed by atoms with Gasteiger partial charge >= 0.3 is 0 Å². The third-order valence-corrected chi connectivity index (χ3v) is 3.53. The van der Waals surface area contributed by atoms with Gasteiger partial charge in [0.05, 0.1) is 0 Å². The van der Waals surface area contributed by atoms with Crippen LogP contribution in [-0.4, -0.2) is 4.83 Å². The summed E-state index contributed by atoms with van der Waals surface area (Å²) in [4.78, 5) is 0.711. The maximum absolute atomic E-state index is 3.43. The Balaban J connectivity index is 0.000000286. The summed E-state index contributed by atoms with van der Waals surface area (Å²) in [5, 5.41) is 0. The van der Waals surface area contributed by atoms with E-state index in [2.05, 4.69) is 90.4 Å². The monoisotopic (exact) mass is 332 g/mol.